The number of hydrogen-bond acceptors (Lipinski definition) is 2. The second-order valence-corrected chi connectivity index (χ2v) is 4.41. The van der Waals surface area contributed by atoms with Gasteiger partial charge in [0.25, 0.3) is 0 Å². The van der Waals surface area contributed by atoms with Crippen LogP contribution in [-0.4, -0.2) is 9.97 Å². The average Bonchev–Trinajstić information content (AvgIpc) is 2.77. The molecule has 86 valence electrons. The van der Waals surface area contributed by atoms with Gasteiger partial charge in [-0.15, -0.1) is 0 Å². The summed E-state index contributed by atoms with van der Waals surface area (Å²) >= 11 is 0. The monoisotopic (exact) mass is 233 g/mol. The number of nitrogens with two attached hydrogens (primary N) is 1. The van der Waals surface area contributed by atoms with Crippen LogP contribution in [0.1, 0.15) is 5.69 Å². The van der Waals surface area contributed by atoms with Crippen molar-refractivity contribution in [3.63, 3.8) is 0 Å². The van der Waals surface area contributed by atoms with Crippen molar-refractivity contribution in [2.45, 2.75) is 0 Å². The van der Waals surface area contributed by atoms with E-state index in [2.05, 4.69) is 28.2 Å². The maximum atomic E-state index is 5.51. The van der Waals surface area contributed by atoms with Crippen molar-refractivity contribution in [3.05, 3.63) is 48.3 Å². The Kier molecular flexibility index (Phi) is 1.70. The molecule has 2 heterocycles. The van der Waals surface area contributed by atoms with Gasteiger partial charge in [-0.05, 0) is 30.5 Å². The van der Waals surface area contributed by atoms with Crippen molar-refractivity contribution in [2.75, 3.05) is 0 Å². The standard InChI is InChI=1S/C15H11N3/c16-8-7-10-9-3-1-4-11-14(9)15-12(17-10)5-2-6-13(15)18-11/h1-8,18H,16H2. The fraction of sp³-hybridized carbons (Fsp3) is 0. The van der Waals surface area contributed by atoms with Gasteiger partial charge in [0.05, 0.1) is 11.2 Å². The third-order valence-corrected chi connectivity index (χ3v) is 3.40. The second kappa shape index (κ2) is 3.23. The Bertz CT molecular complexity index is 886. The molecule has 3 N–H and O–H groups in total. The van der Waals surface area contributed by atoms with Crippen LogP contribution in [0.25, 0.3) is 38.8 Å². The van der Waals surface area contributed by atoms with Gasteiger partial charge in [0.15, 0.2) is 0 Å². The molecule has 0 unspecified atom stereocenters. The molecule has 0 saturated carbocycles. The fourth-order valence-electron chi connectivity index (χ4n) is 2.69. The summed E-state index contributed by atoms with van der Waals surface area (Å²) in [6, 6.07) is 12.4. The fourth-order valence-corrected chi connectivity index (χ4v) is 2.69. The van der Waals surface area contributed by atoms with Gasteiger partial charge in [-0.25, -0.2) is 4.98 Å². The van der Waals surface area contributed by atoms with E-state index in [0.29, 0.717) is 0 Å². The van der Waals surface area contributed by atoms with Crippen LogP contribution in [0.4, 0.5) is 0 Å². The van der Waals surface area contributed by atoms with Crippen molar-refractivity contribution in [1.82, 2.24) is 9.97 Å². The molecule has 0 aliphatic rings. The minimum atomic E-state index is 0.919. The summed E-state index contributed by atoms with van der Waals surface area (Å²) in [5, 5.41) is 3.59. The molecule has 4 rings (SSSR count). The Morgan fingerprint density at radius 1 is 1.00 bits per heavy atom. The van der Waals surface area contributed by atoms with Crippen LogP contribution in [0.15, 0.2) is 42.6 Å². The molecule has 0 aliphatic carbocycles. The quantitative estimate of drug-likeness (QED) is 0.496. The largest absolute Gasteiger partial charge is 0.405 e. The number of hydrogen-bond donors (Lipinski definition) is 2. The SMILES string of the molecule is NC=Cc1nc2cccc3[nH]c4cccc1c4c23. The van der Waals surface area contributed by atoms with E-state index in [1.165, 1.54) is 17.0 Å². The molecule has 2 aromatic heterocycles. The first-order valence-corrected chi connectivity index (χ1v) is 5.89. The summed E-state index contributed by atoms with van der Waals surface area (Å²) in [6.45, 7) is 0. The summed E-state index contributed by atoms with van der Waals surface area (Å²) in [7, 11) is 0. The molecular formula is C15H11N3. The number of benzene rings is 2. The Morgan fingerprint density at radius 2 is 1.78 bits per heavy atom. The van der Waals surface area contributed by atoms with Crippen molar-refractivity contribution in [2.24, 2.45) is 5.73 Å². The van der Waals surface area contributed by atoms with Crippen LogP contribution >= 0.6 is 0 Å². The summed E-state index contributed by atoms with van der Waals surface area (Å²) in [6.07, 6.45) is 3.39. The molecule has 0 radical (unpaired) electrons. The molecule has 18 heavy (non-hydrogen) atoms. The van der Waals surface area contributed by atoms with Crippen LogP contribution in [-0.2, 0) is 0 Å². The van der Waals surface area contributed by atoms with Crippen molar-refractivity contribution < 1.29 is 0 Å². The van der Waals surface area contributed by atoms with E-state index in [9.17, 15) is 0 Å². The Morgan fingerprint density at radius 3 is 2.61 bits per heavy atom. The van der Waals surface area contributed by atoms with E-state index in [1.54, 1.807) is 0 Å². The zero-order chi connectivity index (χ0) is 12.1. The summed E-state index contributed by atoms with van der Waals surface area (Å²) < 4.78 is 0. The molecule has 0 spiro atoms. The van der Waals surface area contributed by atoms with Gasteiger partial charge in [-0.2, -0.15) is 0 Å². The van der Waals surface area contributed by atoms with Crippen LogP contribution in [0.3, 0.4) is 0 Å². The topological polar surface area (TPSA) is 54.7 Å². The van der Waals surface area contributed by atoms with E-state index in [4.69, 9.17) is 5.73 Å². The third kappa shape index (κ3) is 1.06. The molecular weight excluding hydrogens is 222 g/mol. The lowest BCUT2D eigenvalue weighted by Gasteiger charge is -2.04. The van der Waals surface area contributed by atoms with Crippen molar-refractivity contribution in [1.29, 1.82) is 0 Å². The first kappa shape index (κ1) is 9.48. The molecule has 0 aliphatic heterocycles. The van der Waals surface area contributed by atoms with E-state index in [-0.39, 0.29) is 0 Å². The molecule has 0 bridgehead atoms. The number of H-pyrrole nitrogens is 1. The Labute approximate surface area is 103 Å². The van der Waals surface area contributed by atoms with Gasteiger partial charge in [0, 0.05) is 27.2 Å². The van der Waals surface area contributed by atoms with Gasteiger partial charge >= 0.3 is 0 Å². The number of aromatic nitrogens is 2. The second-order valence-electron chi connectivity index (χ2n) is 4.41. The smallest absolute Gasteiger partial charge is 0.0737 e. The normalized spacial score (nSPS) is 12.4. The number of aromatic amines is 1. The summed E-state index contributed by atoms with van der Waals surface area (Å²) in [5.74, 6) is 0. The van der Waals surface area contributed by atoms with Crippen LogP contribution in [0.2, 0.25) is 0 Å². The Balaban J connectivity index is 2.38. The van der Waals surface area contributed by atoms with Crippen LogP contribution in [0.5, 0.6) is 0 Å². The molecule has 0 atom stereocenters. The number of pyridine rings is 1. The molecule has 0 fully saturated rings. The van der Waals surface area contributed by atoms with Gasteiger partial charge in [0.1, 0.15) is 0 Å². The Hall–Kier alpha value is -2.55. The van der Waals surface area contributed by atoms with Gasteiger partial charge in [0.2, 0.25) is 0 Å². The van der Waals surface area contributed by atoms with Crippen LogP contribution < -0.4 is 5.73 Å². The lowest BCUT2D eigenvalue weighted by Crippen LogP contribution is -1.88. The highest BCUT2D eigenvalue weighted by Crippen LogP contribution is 2.34. The van der Waals surface area contributed by atoms with Gasteiger partial charge < -0.3 is 10.7 Å². The van der Waals surface area contributed by atoms with Crippen LogP contribution in [0, 0.1) is 0 Å². The predicted octanol–water partition coefficient (Wildman–Crippen LogP) is 3.24. The minimum absolute atomic E-state index is 0.919. The summed E-state index contributed by atoms with van der Waals surface area (Å²) in [5.41, 5.74) is 9.71. The van der Waals surface area contributed by atoms with E-state index in [1.807, 2.05) is 24.3 Å². The molecule has 3 nitrogen and oxygen atoms in total. The van der Waals surface area contributed by atoms with Crippen molar-refractivity contribution in [3.8, 4) is 0 Å². The highest BCUT2D eigenvalue weighted by Gasteiger charge is 2.13. The molecule has 0 amide bonds. The molecule has 2 aromatic carbocycles. The lowest BCUT2D eigenvalue weighted by atomic mass is 10.0. The zero-order valence-electron chi connectivity index (χ0n) is 9.64. The van der Waals surface area contributed by atoms with Gasteiger partial charge in [-0.1, -0.05) is 18.2 Å². The minimum Gasteiger partial charge on any atom is -0.405 e. The van der Waals surface area contributed by atoms with E-state index < -0.39 is 0 Å². The first-order valence-electron chi connectivity index (χ1n) is 5.89. The highest BCUT2D eigenvalue weighted by molar-refractivity contribution is 6.23. The van der Waals surface area contributed by atoms with Gasteiger partial charge in [-0.3, -0.25) is 0 Å². The van der Waals surface area contributed by atoms with E-state index in [0.717, 1.165) is 27.6 Å². The number of nitrogens with one attached hydrogen (secondary N) is 1. The highest BCUT2D eigenvalue weighted by atomic mass is 14.8. The maximum Gasteiger partial charge on any atom is 0.0737 e. The van der Waals surface area contributed by atoms with E-state index >= 15 is 0 Å². The number of nitrogens with zero attached hydrogens (tertiary/aromatic N) is 1. The number of rotatable bonds is 1. The lowest BCUT2D eigenvalue weighted by molar-refractivity contribution is 1.40. The first-order chi connectivity index (χ1) is 8.88. The predicted molar refractivity (Wildman–Crippen MR) is 75.5 cm³/mol. The average molecular weight is 233 g/mol. The molecule has 4 aromatic rings. The molecule has 0 saturated heterocycles. The maximum absolute atomic E-state index is 5.51. The third-order valence-electron chi connectivity index (χ3n) is 3.40. The summed E-state index contributed by atoms with van der Waals surface area (Å²) in [4.78, 5) is 8.11. The molecule has 3 heteroatoms. The van der Waals surface area contributed by atoms with Crippen molar-refractivity contribution >= 4 is 38.8 Å². The zero-order valence-corrected chi connectivity index (χ0v) is 9.64.